The van der Waals surface area contributed by atoms with Crippen molar-refractivity contribution in [2.75, 3.05) is 5.32 Å². The van der Waals surface area contributed by atoms with E-state index in [0.717, 1.165) is 39.0 Å². The van der Waals surface area contributed by atoms with Crippen LogP contribution in [0.2, 0.25) is 0 Å². The molecule has 1 N–H and O–H groups in total. The highest BCUT2D eigenvalue weighted by Crippen LogP contribution is 2.33. The molecule has 0 bridgehead atoms. The lowest BCUT2D eigenvalue weighted by Gasteiger charge is -2.16. The maximum absolute atomic E-state index is 13.2. The first kappa shape index (κ1) is 17.0. The van der Waals surface area contributed by atoms with Crippen molar-refractivity contribution in [3.8, 4) is 11.1 Å². The SMILES string of the molecule is Cc1cccc(NC(=O)c2c(C)nc3ccccc3c2-c2ccccc2)c1. The second kappa shape index (κ2) is 7.04. The number of hydrogen-bond acceptors (Lipinski definition) is 2. The summed E-state index contributed by atoms with van der Waals surface area (Å²) in [6.45, 7) is 3.90. The molecule has 0 fully saturated rings. The van der Waals surface area contributed by atoms with E-state index >= 15 is 0 Å². The van der Waals surface area contributed by atoms with Crippen LogP contribution in [0.1, 0.15) is 21.6 Å². The Morgan fingerprint density at radius 3 is 2.37 bits per heavy atom. The van der Waals surface area contributed by atoms with Crippen LogP contribution in [0, 0.1) is 13.8 Å². The van der Waals surface area contributed by atoms with Crippen molar-refractivity contribution in [2.45, 2.75) is 13.8 Å². The zero-order chi connectivity index (χ0) is 18.8. The van der Waals surface area contributed by atoms with Gasteiger partial charge in [-0.15, -0.1) is 0 Å². The number of carbonyl (C=O) groups excluding carboxylic acids is 1. The maximum Gasteiger partial charge on any atom is 0.258 e. The zero-order valence-electron chi connectivity index (χ0n) is 15.4. The van der Waals surface area contributed by atoms with Gasteiger partial charge in [0.1, 0.15) is 0 Å². The molecule has 3 aromatic carbocycles. The number of benzene rings is 3. The lowest BCUT2D eigenvalue weighted by atomic mass is 9.94. The first-order chi connectivity index (χ1) is 13.1. The van der Waals surface area contributed by atoms with Gasteiger partial charge in [-0.2, -0.15) is 0 Å². The number of fused-ring (bicyclic) bond motifs is 1. The number of hydrogen-bond donors (Lipinski definition) is 1. The Morgan fingerprint density at radius 2 is 1.59 bits per heavy atom. The molecule has 0 aliphatic heterocycles. The predicted octanol–water partition coefficient (Wildman–Crippen LogP) is 5.77. The monoisotopic (exact) mass is 352 g/mol. The van der Waals surface area contributed by atoms with E-state index in [1.54, 1.807) is 0 Å². The number of para-hydroxylation sites is 1. The van der Waals surface area contributed by atoms with Gasteiger partial charge in [-0.25, -0.2) is 0 Å². The van der Waals surface area contributed by atoms with Gasteiger partial charge in [0.2, 0.25) is 0 Å². The summed E-state index contributed by atoms with van der Waals surface area (Å²) in [7, 11) is 0. The Kier molecular flexibility index (Phi) is 4.43. The quantitative estimate of drug-likeness (QED) is 0.508. The number of nitrogens with one attached hydrogen (secondary N) is 1. The van der Waals surface area contributed by atoms with Crippen molar-refractivity contribution >= 4 is 22.5 Å². The van der Waals surface area contributed by atoms with Crippen LogP contribution >= 0.6 is 0 Å². The zero-order valence-corrected chi connectivity index (χ0v) is 15.4. The van der Waals surface area contributed by atoms with Crippen molar-refractivity contribution in [2.24, 2.45) is 0 Å². The summed E-state index contributed by atoms with van der Waals surface area (Å²) >= 11 is 0. The lowest BCUT2D eigenvalue weighted by Crippen LogP contribution is -2.16. The van der Waals surface area contributed by atoms with E-state index in [2.05, 4.69) is 10.3 Å². The van der Waals surface area contributed by atoms with E-state index in [4.69, 9.17) is 0 Å². The molecule has 4 aromatic rings. The molecule has 0 radical (unpaired) electrons. The molecule has 1 amide bonds. The maximum atomic E-state index is 13.2. The smallest absolute Gasteiger partial charge is 0.258 e. The summed E-state index contributed by atoms with van der Waals surface area (Å²) in [6.07, 6.45) is 0. The third-order valence-electron chi connectivity index (χ3n) is 4.64. The van der Waals surface area contributed by atoms with Crippen molar-refractivity contribution in [3.63, 3.8) is 0 Å². The fourth-order valence-electron chi connectivity index (χ4n) is 3.43. The Bertz CT molecular complexity index is 1130. The third-order valence-corrected chi connectivity index (χ3v) is 4.64. The van der Waals surface area contributed by atoms with Gasteiger partial charge in [-0.05, 0) is 43.2 Å². The summed E-state index contributed by atoms with van der Waals surface area (Å²) in [4.78, 5) is 17.9. The van der Waals surface area contributed by atoms with Crippen molar-refractivity contribution < 1.29 is 4.79 Å². The number of rotatable bonds is 3. The molecule has 3 heteroatoms. The number of carbonyl (C=O) groups is 1. The van der Waals surface area contributed by atoms with Gasteiger partial charge in [0.25, 0.3) is 5.91 Å². The molecule has 0 aliphatic rings. The molecule has 0 saturated carbocycles. The van der Waals surface area contributed by atoms with E-state index in [1.165, 1.54) is 0 Å². The van der Waals surface area contributed by atoms with Crippen molar-refractivity contribution in [1.82, 2.24) is 4.98 Å². The van der Waals surface area contributed by atoms with Crippen molar-refractivity contribution in [1.29, 1.82) is 0 Å². The minimum Gasteiger partial charge on any atom is -0.322 e. The molecule has 132 valence electrons. The van der Waals surface area contributed by atoms with Gasteiger partial charge in [0.15, 0.2) is 0 Å². The van der Waals surface area contributed by atoms with Crippen LogP contribution in [0.4, 0.5) is 5.69 Å². The number of pyridine rings is 1. The Balaban J connectivity index is 1.91. The molecule has 0 saturated heterocycles. The number of aromatic nitrogens is 1. The molecular weight excluding hydrogens is 332 g/mol. The molecule has 3 nitrogen and oxygen atoms in total. The lowest BCUT2D eigenvalue weighted by molar-refractivity contribution is 0.102. The first-order valence-corrected chi connectivity index (χ1v) is 8.96. The summed E-state index contributed by atoms with van der Waals surface area (Å²) in [5.41, 5.74) is 6.04. The fraction of sp³-hybridized carbons (Fsp3) is 0.0833. The predicted molar refractivity (Wildman–Crippen MR) is 111 cm³/mol. The van der Waals surface area contributed by atoms with Crippen LogP contribution < -0.4 is 5.32 Å². The minimum atomic E-state index is -0.143. The summed E-state index contributed by atoms with van der Waals surface area (Å²) in [6, 6.07) is 25.8. The van der Waals surface area contributed by atoms with Crippen LogP contribution in [-0.4, -0.2) is 10.9 Å². The highest BCUT2D eigenvalue weighted by molar-refractivity contribution is 6.14. The number of aryl methyl sites for hydroxylation is 2. The average molecular weight is 352 g/mol. The summed E-state index contributed by atoms with van der Waals surface area (Å²) < 4.78 is 0. The highest BCUT2D eigenvalue weighted by atomic mass is 16.1. The van der Waals surface area contributed by atoms with Crippen LogP contribution in [0.25, 0.3) is 22.0 Å². The van der Waals surface area contributed by atoms with E-state index in [9.17, 15) is 4.79 Å². The van der Waals surface area contributed by atoms with Gasteiger partial charge >= 0.3 is 0 Å². The van der Waals surface area contributed by atoms with Gasteiger partial charge < -0.3 is 5.32 Å². The molecule has 0 aliphatic carbocycles. The number of anilines is 1. The second-order valence-corrected chi connectivity index (χ2v) is 6.65. The van der Waals surface area contributed by atoms with Crippen LogP contribution in [0.5, 0.6) is 0 Å². The first-order valence-electron chi connectivity index (χ1n) is 8.96. The Labute approximate surface area is 158 Å². The molecule has 0 unspecified atom stereocenters. The largest absolute Gasteiger partial charge is 0.322 e. The highest BCUT2D eigenvalue weighted by Gasteiger charge is 2.20. The topological polar surface area (TPSA) is 42.0 Å². The summed E-state index contributed by atoms with van der Waals surface area (Å²) in [5, 5.41) is 4.01. The van der Waals surface area contributed by atoms with E-state index in [-0.39, 0.29) is 5.91 Å². The van der Waals surface area contributed by atoms with Crippen molar-refractivity contribution in [3.05, 3.63) is 95.7 Å². The average Bonchev–Trinajstić information content (AvgIpc) is 2.67. The normalized spacial score (nSPS) is 10.7. The van der Waals surface area contributed by atoms with E-state index < -0.39 is 0 Å². The van der Waals surface area contributed by atoms with E-state index in [0.29, 0.717) is 5.56 Å². The molecule has 0 spiro atoms. The Morgan fingerprint density at radius 1 is 0.852 bits per heavy atom. The fourth-order valence-corrected chi connectivity index (χ4v) is 3.43. The minimum absolute atomic E-state index is 0.143. The third kappa shape index (κ3) is 3.32. The standard InChI is InChI=1S/C24H20N2O/c1-16-9-8-12-19(15-16)26-24(27)22-17(2)25-21-14-7-6-13-20(21)23(22)18-10-4-3-5-11-18/h3-15H,1-2H3,(H,26,27). The number of nitrogens with zero attached hydrogens (tertiary/aromatic N) is 1. The second-order valence-electron chi connectivity index (χ2n) is 6.65. The molecule has 0 atom stereocenters. The molecule has 1 aromatic heterocycles. The van der Waals surface area contributed by atoms with Crippen LogP contribution in [0.15, 0.2) is 78.9 Å². The van der Waals surface area contributed by atoms with Crippen LogP contribution in [0.3, 0.4) is 0 Å². The van der Waals surface area contributed by atoms with Gasteiger partial charge in [0.05, 0.1) is 16.8 Å². The van der Waals surface area contributed by atoms with Gasteiger partial charge in [-0.3, -0.25) is 9.78 Å². The van der Waals surface area contributed by atoms with Crippen LogP contribution in [-0.2, 0) is 0 Å². The van der Waals surface area contributed by atoms with E-state index in [1.807, 2.05) is 92.7 Å². The Hall–Kier alpha value is -3.46. The molecule has 1 heterocycles. The number of amides is 1. The van der Waals surface area contributed by atoms with Gasteiger partial charge in [0, 0.05) is 16.6 Å². The molecule has 4 rings (SSSR count). The molecule has 27 heavy (non-hydrogen) atoms. The van der Waals surface area contributed by atoms with Gasteiger partial charge in [-0.1, -0.05) is 60.7 Å². The summed E-state index contributed by atoms with van der Waals surface area (Å²) in [5.74, 6) is -0.143. The molecular formula is C24H20N2O.